The van der Waals surface area contributed by atoms with E-state index in [0.29, 0.717) is 10.9 Å². The number of nitrogens with one attached hydrogen (secondary N) is 1. The van der Waals surface area contributed by atoms with E-state index in [2.05, 4.69) is 21.2 Å². The summed E-state index contributed by atoms with van der Waals surface area (Å²) >= 11 is 3.21. The molecule has 1 rings (SSSR count). The first kappa shape index (κ1) is 16.1. The van der Waals surface area contributed by atoms with E-state index in [0.717, 1.165) is 0 Å². The van der Waals surface area contributed by atoms with Crippen LogP contribution >= 0.6 is 15.9 Å². The van der Waals surface area contributed by atoms with Crippen LogP contribution in [0.4, 0.5) is 4.39 Å². The molecule has 0 aliphatic heterocycles. The number of amides is 1. The van der Waals surface area contributed by atoms with Crippen LogP contribution < -0.4 is 5.32 Å². The molecular weight excluding hydrogens is 313 g/mol. The highest BCUT2D eigenvalue weighted by molar-refractivity contribution is 9.10. The van der Waals surface area contributed by atoms with Gasteiger partial charge in [0.2, 0.25) is 0 Å². The third kappa shape index (κ3) is 4.58. The Morgan fingerprint density at radius 1 is 1.47 bits per heavy atom. The highest BCUT2D eigenvalue weighted by Crippen LogP contribution is 2.23. The smallest absolute Gasteiger partial charge is 0.254 e. The zero-order chi connectivity index (χ0) is 14.6. The number of aliphatic hydroxyl groups is 1. The number of hydrogen-bond donors (Lipinski definition) is 2. The lowest BCUT2D eigenvalue weighted by Gasteiger charge is -2.31. The molecular formula is C14H19BrFNO2. The van der Waals surface area contributed by atoms with Crippen molar-refractivity contribution in [1.29, 1.82) is 0 Å². The van der Waals surface area contributed by atoms with Crippen LogP contribution in [0.3, 0.4) is 0 Å². The first-order chi connectivity index (χ1) is 8.75. The lowest BCUT2D eigenvalue weighted by Crippen LogP contribution is -2.44. The molecule has 3 nitrogen and oxygen atoms in total. The van der Waals surface area contributed by atoms with Gasteiger partial charge in [-0.25, -0.2) is 4.39 Å². The Bertz CT molecular complexity index is 457. The van der Waals surface area contributed by atoms with Crippen LogP contribution in [-0.4, -0.2) is 23.7 Å². The fourth-order valence-electron chi connectivity index (χ4n) is 1.76. The summed E-state index contributed by atoms with van der Waals surface area (Å²) in [4.78, 5) is 12.1. The minimum atomic E-state index is -0.558. The van der Waals surface area contributed by atoms with Crippen LogP contribution in [0.5, 0.6) is 0 Å². The fraction of sp³-hybridized carbons (Fsp3) is 0.500. The van der Waals surface area contributed by atoms with E-state index < -0.39 is 11.7 Å². The van der Waals surface area contributed by atoms with Gasteiger partial charge in [0.1, 0.15) is 5.82 Å². The molecule has 0 heterocycles. The van der Waals surface area contributed by atoms with Gasteiger partial charge in [0.15, 0.2) is 0 Å². The average molecular weight is 332 g/mol. The van der Waals surface area contributed by atoms with Gasteiger partial charge in [0.25, 0.3) is 5.91 Å². The van der Waals surface area contributed by atoms with Crippen molar-refractivity contribution < 1.29 is 14.3 Å². The number of rotatable bonds is 4. The summed E-state index contributed by atoms with van der Waals surface area (Å²) in [6, 6.07) is 4.02. The SMILES string of the molecule is CC(C)(C)C(CCO)NC(=O)c1cc(Br)ccc1F. The molecule has 0 bridgehead atoms. The summed E-state index contributed by atoms with van der Waals surface area (Å²) in [5, 5.41) is 11.8. The molecule has 1 aromatic rings. The molecule has 1 atom stereocenters. The summed E-state index contributed by atoms with van der Waals surface area (Å²) in [5.74, 6) is -1.02. The van der Waals surface area contributed by atoms with Gasteiger partial charge in [0.05, 0.1) is 5.56 Å². The molecule has 0 aliphatic carbocycles. The molecule has 1 amide bonds. The monoisotopic (exact) mass is 331 g/mol. The van der Waals surface area contributed by atoms with Crippen molar-refractivity contribution >= 4 is 21.8 Å². The third-order valence-corrected chi connectivity index (χ3v) is 3.43. The standard InChI is InChI=1S/C14H19BrFNO2/c1-14(2,3)12(6-7-18)17-13(19)10-8-9(15)4-5-11(10)16/h4-5,8,12,18H,6-7H2,1-3H3,(H,17,19). The zero-order valence-corrected chi connectivity index (χ0v) is 12.9. The molecule has 0 aliphatic rings. The van der Waals surface area contributed by atoms with Crippen LogP contribution in [0, 0.1) is 11.2 Å². The molecule has 0 radical (unpaired) electrons. The number of hydrogen-bond acceptors (Lipinski definition) is 2. The van der Waals surface area contributed by atoms with E-state index in [1.807, 2.05) is 20.8 Å². The van der Waals surface area contributed by atoms with Crippen molar-refractivity contribution in [2.45, 2.75) is 33.2 Å². The second-order valence-corrected chi connectivity index (χ2v) is 6.44. The predicted octanol–water partition coefficient (Wildman–Crippen LogP) is 3.12. The predicted molar refractivity (Wildman–Crippen MR) is 76.5 cm³/mol. The number of benzene rings is 1. The number of halogens is 2. The summed E-state index contributed by atoms with van der Waals surface area (Å²) in [5.41, 5.74) is -0.206. The fourth-order valence-corrected chi connectivity index (χ4v) is 2.12. The van der Waals surface area contributed by atoms with Crippen LogP contribution in [-0.2, 0) is 0 Å². The molecule has 0 saturated heterocycles. The van der Waals surface area contributed by atoms with Crippen molar-refractivity contribution in [2.24, 2.45) is 5.41 Å². The van der Waals surface area contributed by atoms with Gasteiger partial charge in [-0.2, -0.15) is 0 Å². The minimum absolute atomic E-state index is 0.00145. The van der Waals surface area contributed by atoms with Gasteiger partial charge in [-0.3, -0.25) is 4.79 Å². The van der Waals surface area contributed by atoms with E-state index in [1.54, 1.807) is 6.07 Å². The van der Waals surface area contributed by atoms with E-state index >= 15 is 0 Å². The summed E-state index contributed by atoms with van der Waals surface area (Å²) in [7, 11) is 0. The van der Waals surface area contributed by atoms with Crippen molar-refractivity contribution in [3.63, 3.8) is 0 Å². The lowest BCUT2D eigenvalue weighted by molar-refractivity contribution is 0.0881. The highest BCUT2D eigenvalue weighted by atomic mass is 79.9. The van der Waals surface area contributed by atoms with Gasteiger partial charge in [-0.15, -0.1) is 0 Å². The molecule has 0 spiro atoms. The maximum atomic E-state index is 13.6. The Labute approximate surface area is 121 Å². The maximum absolute atomic E-state index is 13.6. The maximum Gasteiger partial charge on any atom is 0.254 e. The minimum Gasteiger partial charge on any atom is -0.396 e. The molecule has 1 aromatic carbocycles. The van der Waals surface area contributed by atoms with E-state index in [1.165, 1.54) is 12.1 Å². The average Bonchev–Trinajstić information content (AvgIpc) is 2.30. The van der Waals surface area contributed by atoms with Crippen LogP contribution in [0.25, 0.3) is 0 Å². The highest BCUT2D eigenvalue weighted by Gasteiger charge is 2.26. The van der Waals surface area contributed by atoms with Gasteiger partial charge >= 0.3 is 0 Å². The Kier molecular flexibility index (Phi) is 5.50. The summed E-state index contributed by atoms with van der Waals surface area (Å²) in [6.07, 6.45) is 0.435. The van der Waals surface area contributed by atoms with E-state index in [-0.39, 0.29) is 23.6 Å². The molecule has 0 aromatic heterocycles. The van der Waals surface area contributed by atoms with Crippen molar-refractivity contribution in [2.75, 3.05) is 6.61 Å². The second-order valence-electron chi connectivity index (χ2n) is 5.53. The molecule has 1 unspecified atom stereocenters. The van der Waals surface area contributed by atoms with Crippen molar-refractivity contribution in [1.82, 2.24) is 5.32 Å². The van der Waals surface area contributed by atoms with E-state index in [9.17, 15) is 9.18 Å². The number of carbonyl (C=O) groups is 1. The summed E-state index contributed by atoms with van der Waals surface area (Å²) < 4.78 is 14.3. The molecule has 0 fully saturated rings. The van der Waals surface area contributed by atoms with Crippen LogP contribution in [0.15, 0.2) is 22.7 Å². The largest absolute Gasteiger partial charge is 0.396 e. The Hall–Kier alpha value is -0.940. The van der Waals surface area contributed by atoms with E-state index in [4.69, 9.17) is 5.11 Å². The molecule has 2 N–H and O–H groups in total. The van der Waals surface area contributed by atoms with Crippen LogP contribution in [0.1, 0.15) is 37.6 Å². The van der Waals surface area contributed by atoms with Gasteiger partial charge in [-0.1, -0.05) is 36.7 Å². The number of aliphatic hydroxyl groups excluding tert-OH is 1. The van der Waals surface area contributed by atoms with Gasteiger partial charge in [0, 0.05) is 17.1 Å². The normalized spacial score (nSPS) is 13.2. The van der Waals surface area contributed by atoms with Crippen molar-refractivity contribution in [3.8, 4) is 0 Å². The quantitative estimate of drug-likeness (QED) is 0.890. The first-order valence-electron chi connectivity index (χ1n) is 6.12. The molecule has 19 heavy (non-hydrogen) atoms. The number of carbonyl (C=O) groups excluding carboxylic acids is 1. The Morgan fingerprint density at radius 2 is 2.11 bits per heavy atom. The second kappa shape index (κ2) is 6.48. The molecule has 106 valence electrons. The lowest BCUT2D eigenvalue weighted by atomic mass is 9.84. The van der Waals surface area contributed by atoms with Crippen molar-refractivity contribution in [3.05, 3.63) is 34.1 Å². The van der Waals surface area contributed by atoms with Crippen LogP contribution in [0.2, 0.25) is 0 Å². The Morgan fingerprint density at radius 3 is 2.63 bits per heavy atom. The van der Waals surface area contributed by atoms with Gasteiger partial charge < -0.3 is 10.4 Å². The molecule has 5 heteroatoms. The zero-order valence-electron chi connectivity index (χ0n) is 11.3. The third-order valence-electron chi connectivity index (χ3n) is 2.94. The first-order valence-corrected chi connectivity index (χ1v) is 6.91. The summed E-state index contributed by atoms with van der Waals surface area (Å²) in [6.45, 7) is 5.86. The Balaban J connectivity index is 2.91. The topological polar surface area (TPSA) is 49.3 Å². The molecule has 0 saturated carbocycles. The van der Waals surface area contributed by atoms with Gasteiger partial charge in [-0.05, 0) is 30.0 Å².